The van der Waals surface area contributed by atoms with Crippen molar-refractivity contribution in [2.45, 2.75) is 44.9 Å². The van der Waals surface area contributed by atoms with Crippen LogP contribution < -0.4 is 10.6 Å². The number of hydrogen-bond donors (Lipinski definition) is 2. The van der Waals surface area contributed by atoms with E-state index >= 15 is 0 Å². The van der Waals surface area contributed by atoms with E-state index in [0.29, 0.717) is 0 Å². The minimum Gasteiger partial charge on any atom is -0.469 e. The van der Waals surface area contributed by atoms with Crippen LogP contribution >= 0.6 is 35.3 Å². The fourth-order valence-electron chi connectivity index (χ4n) is 4.04. The number of hydrogen-bond acceptors (Lipinski definition) is 6. The van der Waals surface area contributed by atoms with Gasteiger partial charge in [0.25, 0.3) is 0 Å². The SMILES string of the molecule is I.c1coc(CCNC(=NCCCN2CCOCC2)NCCc2nc3c(s2)CCCC3)c1. The third kappa shape index (κ3) is 8.31. The van der Waals surface area contributed by atoms with Crippen molar-refractivity contribution in [1.82, 2.24) is 20.5 Å². The van der Waals surface area contributed by atoms with Gasteiger partial charge in [-0.25, -0.2) is 4.98 Å². The van der Waals surface area contributed by atoms with Gasteiger partial charge in [-0.15, -0.1) is 35.3 Å². The summed E-state index contributed by atoms with van der Waals surface area (Å²) in [6, 6.07) is 3.94. The normalized spacial score (nSPS) is 16.9. The van der Waals surface area contributed by atoms with Crippen molar-refractivity contribution in [2.75, 3.05) is 52.5 Å². The monoisotopic (exact) mass is 573 g/mol. The lowest BCUT2D eigenvalue weighted by Crippen LogP contribution is -2.40. The van der Waals surface area contributed by atoms with Crippen LogP contribution in [0.25, 0.3) is 0 Å². The van der Waals surface area contributed by atoms with E-state index in [1.54, 1.807) is 6.26 Å². The number of nitrogens with one attached hydrogen (secondary N) is 2. The molecule has 9 heteroatoms. The maximum Gasteiger partial charge on any atom is 0.191 e. The highest BCUT2D eigenvalue weighted by Gasteiger charge is 2.15. The summed E-state index contributed by atoms with van der Waals surface area (Å²) in [6.45, 7) is 7.32. The molecule has 7 nitrogen and oxygen atoms in total. The molecule has 2 N–H and O–H groups in total. The summed E-state index contributed by atoms with van der Waals surface area (Å²) in [7, 11) is 0. The number of thiazole rings is 1. The Kier molecular flexibility index (Phi) is 11.3. The zero-order valence-electron chi connectivity index (χ0n) is 18.8. The molecule has 2 aromatic heterocycles. The molecule has 0 saturated carbocycles. The quantitative estimate of drug-likeness (QED) is 0.197. The van der Waals surface area contributed by atoms with Crippen LogP contribution in [0.1, 0.15) is 40.6 Å². The van der Waals surface area contributed by atoms with Crippen molar-refractivity contribution in [3.63, 3.8) is 0 Å². The number of guanidine groups is 1. The van der Waals surface area contributed by atoms with E-state index < -0.39 is 0 Å². The molecule has 1 saturated heterocycles. The average Bonchev–Trinajstić information content (AvgIpc) is 3.46. The number of aromatic nitrogens is 1. The molecule has 1 fully saturated rings. The second-order valence-corrected chi connectivity index (χ2v) is 9.32. The van der Waals surface area contributed by atoms with Gasteiger partial charge >= 0.3 is 0 Å². The Bertz CT molecular complexity index is 782. The lowest BCUT2D eigenvalue weighted by atomic mass is 10.0. The molecule has 0 radical (unpaired) electrons. The predicted molar refractivity (Wildman–Crippen MR) is 140 cm³/mol. The van der Waals surface area contributed by atoms with Gasteiger partial charge in [0.2, 0.25) is 0 Å². The van der Waals surface area contributed by atoms with Gasteiger partial charge in [-0.2, -0.15) is 0 Å². The Hall–Kier alpha value is -1.17. The molecule has 0 aromatic carbocycles. The Morgan fingerprint density at radius 2 is 1.94 bits per heavy atom. The number of aliphatic imine (C=N–C) groups is 1. The van der Waals surface area contributed by atoms with E-state index in [1.807, 2.05) is 23.5 Å². The molecule has 1 aliphatic carbocycles. The number of aryl methyl sites for hydroxylation is 2. The Labute approximate surface area is 212 Å². The summed E-state index contributed by atoms with van der Waals surface area (Å²) >= 11 is 1.90. The van der Waals surface area contributed by atoms with Crippen LogP contribution in [0.5, 0.6) is 0 Å². The zero-order valence-corrected chi connectivity index (χ0v) is 22.0. The van der Waals surface area contributed by atoms with Crippen LogP contribution in [0.15, 0.2) is 27.8 Å². The van der Waals surface area contributed by atoms with Crippen LogP contribution in [0, 0.1) is 0 Å². The Balaban J connectivity index is 0.00000289. The molecule has 0 bridgehead atoms. The molecule has 0 amide bonds. The largest absolute Gasteiger partial charge is 0.469 e. The molecule has 32 heavy (non-hydrogen) atoms. The summed E-state index contributed by atoms with van der Waals surface area (Å²) in [5.41, 5.74) is 1.35. The van der Waals surface area contributed by atoms with Crippen molar-refractivity contribution in [1.29, 1.82) is 0 Å². The first-order chi connectivity index (χ1) is 15.4. The molecule has 1 aliphatic heterocycles. The molecule has 0 unspecified atom stereocenters. The molecule has 4 rings (SSSR count). The molecule has 0 atom stereocenters. The minimum absolute atomic E-state index is 0. The van der Waals surface area contributed by atoms with Crippen molar-refractivity contribution in [3.05, 3.63) is 39.7 Å². The molecular weight excluding hydrogens is 537 g/mol. The second-order valence-electron chi connectivity index (χ2n) is 8.16. The van der Waals surface area contributed by atoms with Crippen LogP contribution in [0.3, 0.4) is 0 Å². The van der Waals surface area contributed by atoms with Gasteiger partial charge in [-0.05, 0) is 44.2 Å². The maximum atomic E-state index is 5.44. The van der Waals surface area contributed by atoms with Gasteiger partial charge in [-0.3, -0.25) is 9.89 Å². The van der Waals surface area contributed by atoms with Gasteiger partial charge in [0.15, 0.2) is 5.96 Å². The number of halogens is 1. The fraction of sp³-hybridized carbons (Fsp3) is 0.652. The molecule has 178 valence electrons. The van der Waals surface area contributed by atoms with Crippen LogP contribution in [-0.4, -0.2) is 68.3 Å². The standard InChI is InChI=1S/C23H35N5O2S.HI/c1-2-7-21-20(6-1)27-22(31-21)9-12-26-23(25-11-8-19-5-3-16-30-19)24-10-4-13-28-14-17-29-18-15-28;/h3,5,16H,1-2,4,6-15,17-18H2,(H2,24,25,26);1H. The van der Waals surface area contributed by atoms with Gasteiger partial charge in [0.05, 0.1) is 30.2 Å². The van der Waals surface area contributed by atoms with E-state index in [2.05, 4.69) is 15.5 Å². The van der Waals surface area contributed by atoms with Gasteiger partial charge in [0.1, 0.15) is 5.76 Å². The second kappa shape index (κ2) is 14.2. The first kappa shape index (κ1) is 25.5. The Morgan fingerprint density at radius 1 is 1.12 bits per heavy atom. The van der Waals surface area contributed by atoms with Crippen molar-refractivity contribution in [3.8, 4) is 0 Å². The summed E-state index contributed by atoms with van der Waals surface area (Å²) in [6.07, 6.45) is 9.55. The topological polar surface area (TPSA) is 74.9 Å². The number of morpholine rings is 1. The highest BCUT2D eigenvalue weighted by molar-refractivity contribution is 14.0. The van der Waals surface area contributed by atoms with Crippen molar-refractivity contribution in [2.24, 2.45) is 4.99 Å². The highest BCUT2D eigenvalue weighted by Crippen LogP contribution is 2.26. The molecular formula is C23H36IN5O2S. The Morgan fingerprint density at radius 3 is 2.72 bits per heavy atom. The van der Waals surface area contributed by atoms with Crippen LogP contribution in [0.2, 0.25) is 0 Å². The number of nitrogens with zero attached hydrogens (tertiary/aromatic N) is 3. The first-order valence-corrected chi connectivity index (χ1v) is 12.5. The van der Waals surface area contributed by atoms with E-state index in [1.165, 1.54) is 34.8 Å². The third-order valence-corrected chi connectivity index (χ3v) is 6.99. The predicted octanol–water partition coefficient (Wildman–Crippen LogP) is 3.28. The third-order valence-electron chi connectivity index (χ3n) is 5.77. The lowest BCUT2D eigenvalue weighted by molar-refractivity contribution is 0.0377. The van der Waals surface area contributed by atoms with E-state index in [9.17, 15) is 0 Å². The van der Waals surface area contributed by atoms with E-state index in [0.717, 1.165) is 89.9 Å². The van der Waals surface area contributed by atoms with Gasteiger partial charge < -0.3 is 19.8 Å². The average molecular weight is 574 g/mol. The molecule has 3 heterocycles. The van der Waals surface area contributed by atoms with E-state index in [4.69, 9.17) is 19.1 Å². The summed E-state index contributed by atoms with van der Waals surface area (Å²) in [5, 5.41) is 8.22. The minimum atomic E-state index is 0. The number of ether oxygens (including phenoxy) is 1. The lowest BCUT2D eigenvalue weighted by Gasteiger charge is -2.26. The fourth-order valence-corrected chi connectivity index (χ4v) is 5.20. The highest BCUT2D eigenvalue weighted by atomic mass is 127. The maximum absolute atomic E-state index is 5.44. The molecule has 2 aromatic rings. The number of furan rings is 1. The van der Waals surface area contributed by atoms with Crippen LogP contribution in [-0.2, 0) is 30.4 Å². The number of fused-ring (bicyclic) bond motifs is 1. The van der Waals surface area contributed by atoms with Gasteiger partial charge in [-0.1, -0.05) is 0 Å². The molecule has 0 spiro atoms. The van der Waals surface area contributed by atoms with Crippen LogP contribution in [0.4, 0.5) is 0 Å². The molecule has 2 aliphatic rings. The van der Waals surface area contributed by atoms with E-state index in [-0.39, 0.29) is 24.0 Å². The summed E-state index contributed by atoms with van der Waals surface area (Å²) in [4.78, 5) is 13.6. The summed E-state index contributed by atoms with van der Waals surface area (Å²) in [5.74, 6) is 1.88. The smallest absolute Gasteiger partial charge is 0.191 e. The zero-order chi connectivity index (χ0) is 21.1. The van der Waals surface area contributed by atoms with Crippen molar-refractivity contribution >= 4 is 41.3 Å². The van der Waals surface area contributed by atoms with Crippen molar-refractivity contribution < 1.29 is 9.15 Å². The number of rotatable bonds is 10. The van der Waals surface area contributed by atoms with Gasteiger partial charge in [0, 0.05) is 57.0 Å². The summed E-state index contributed by atoms with van der Waals surface area (Å²) < 4.78 is 10.9. The first-order valence-electron chi connectivity index (χ1n) is 11.7.